The zero-order valence-electron chi connectivity index (χ0n) is 12.9. The molecule has 6 heteroatoms. The second kappa shape index (κ2) is 6.39. The summed E-state index contributed by atoms with van der Waals surface area (Å²) in [6, 6.07) is 10.4. The van der Waals surface area contributed by atoms with Crippen LogP contribution in [0.4, 0.5) is 0 Å². The first-order valence-electron chi connectivity index (χ1n) is 7.14. The van der Waals surface area contributed by atoms with Crippen molar-refractivity contribution in [2.24, 2.45) is 7.05 Å². The topological polar surface area (TPSA) is 69.3 Å². The van der Waals surface area contributed by atoms with Gasteiger partial charge >= 0.3 is 0 Å². The lowest BCUT2D eigenvalue weighted by molar-refractivity contribution is 0.0913. The van der Waals surface area contributed by atoms with Gasteiger partial charge in [-0.2, -0.15) is 0 Å². The van der Waals surface area contributed by atoms with E-state index in [4.69, 9.17) is 9.15 Å². The highest BCUT2D eigenvalue weighted by Gasteiger charge is 2.22. The first-order chi connectivity index (χ1) is 11.2. The minimum atomic E-state index is -0.390. The third-order valence-corrected chi connectivity index (χ3v) is 3.59. The maximum atomic E-state index is 12.4. The number of ether oxygens (including phenoxy) is 1. The predicted octanol–water partition coefficient (Wildman–Crippen LogP) is 2.54. The van der Waals surface area contributed by atoms with Crippen LogP contribution in [-0.4, -0.2) is 22.6 Å². The van der Waals surface area contributed by atoms with Crippen LogP contribution in [0.2, 0.25) is 0 Å². The summed E-state index contributed by atoms with van der Waals surface area (Å²) in [6.45, 7) is 0. The van der Waals surface area contributed by atoms with Crippen molar-refractivity contribution >= 4 is 5.91 Å². The average Bonchev–Trinajstić information content (AvgIpc) is 3.24. The Labute approximate surface area is 133 Å². The molecule has 0 saturated carbocycles. The molecule has 0 saturated heterocycles. The zero-order chi connectivity index (χ0) is 16.2. The molecule has 1 atom stereocenters. The van der Waals surface area contributed by atoms with Gasteiger partial charge in [-0.1, -0.05) is 12.1 Å². The first-order valence-corrected chi connectivity index (χ1v) is 7.14. The van der Waals surface area contributed by atoms with E-state index in [-0.39, 0.29) is 11.7 Å². The van der Waals surface area contributed by atoms with Crippen LogP contribution >= 0.6 is 0 Å². The molecule has 3 rings (SSSR count). The van der Waals surface area contributed by atoms with Crippen molar-refractivity contribution in [3.63, 3.8) is 0 Å². The number of imidazole rings is 1. The number of nitrogens with zero attached hydrogens (tertiary/aromatic N) is 2. The number of benzene rings is 1. The van der Waals surface area contributed by atoms with Gasteiger partial charge in [-0.05, 0) is 29.8 Å². The van der Waals surface area contributed by atoms with Crippen molar-refractivity contribution < 1.29 is 13.9 Å². The van der Waals surface area contributed by atoms with Crippen LogP contribution in [0.15, 0.2) is 59.5 Å². The number of carbonyl (C=O) groups excluding carboxylic acids is 1. The predicted molar refractivity (Wildman–Crippen MR) is 84.2 cm³/mol. The molecule has 0 aliphatic carbocycles. The van der Waals surface area contributed by atoms with E-state index in [1.54, 1.807) is 25.4 Å². The van der Waals surface area contributed by atoms with E-state index in [1.807, 2.05) is 42.1 Å². The smallest absolute Gasteiger partial charge is 0.287 e. The van der Waals surface area contributed by atoms with E-state index in [9.17, 15) is 4.79 Å². The van der Waals surface area contributed by atoms with Crippen molar-refractivity contribution in [1.29, 1.82) is 0 Å². The van der Waals surface area contributed by atoms with E-state index in [2.05, 4.69) is 10.3 Å². The van der Waals surface area contributed by atoms with Crippen LogP contribution in [0.25, 0.3) is 0 Å². The van der Waals surface area contributed by atoms with Gasteiger partial charge in [-0.3, -0.25) is 4.79 Å². The Morgan fingerprint density at radius 1 is 1.30 bits per heavy atom. The third kappa shape index (κ3) is 3.11. The van der Waals surface area contributed by atoms with Crippen LogP contribution in [0, 0.1) is 0 Å². The molecule has 0 fully saturated rings. The maximum Gasteiger partial charge on any atom is 0.287 e. The Morgan fingerprint density at radius 3 is 2.65 bits per heavy atom. The van der Waals surface area contributed by atoms with Gasteiger partial charge in [-0.15, -0.1) is 0 Å². The van der Waals surface area contributed by atoms with Gasteiger partial charge in [0.1, 0.15) is 17.6 Å². The number of aryl methyl sites for hydroxylation is 1. The van der Waals surface area contributed by atoms with Gasteiger partial charge < -0.3 is 19.0 Å². The molecule has 2 aromatic heterocycles. The monoisotopic (exact) mass is 311 g/mol. The zero-order valence-corrected chi connectivity index (χ0v) is 12.9. The number of aromatic nitrogens is 2. The summed E-state index contributed by atoms with van der Waals surface area (Å²) < 4.78 is 12.2. The molecule has 0 bridgehead atoms. The van der Waals surface area contributed by atoms with Gasteiger partial charge in [0.05, 0.1) is 13.4 Å². The van der Waals surface area contributed by atoms with Crippen LogP contribution in [0.3, 0.4) is 0 Å². The SMILES string of the molecule is COc1ccc(C(NC(=O)c2ccco2)c2nccn2C)cc1. The lowest BCUT2D eigenvalue weighted by Gasteiger charge is -2.19. The standard InChI is InChI=1S/C17H17N3O3/c1-20-10-9-18-16(20)15(12-5-7-13(22-2)8-6-12)19-17(21)14-4-3-11-23-14/h3-11,15H,1-2H3,(H,19,21). The minimum absolute atomic E-state index is 0.262. The number of hydrogen-bond acceptors (Lipinski definition) is 4. The number of rotatable bonds is 5. The Morgan fingerprint density at radius 2 is 2.09 bits per heavy atom. The Hall–Kier alpha value is -3.02. The van der Waals surface area contributed by atoms with Crippen LogP contribution in [0.1, 0.15) is 28.0 Å². The molecule has 0 spiro atoms. The maximum absolute atomic E-state index is 12.4. The van der Waals surface area contributed by atoms with Gasteiger partial charge in [0.25, 0.3) is 5.91 Å². The number of hydrogen-bond donors (Lipinski definition) is 1. The number of furan rings is 1. The molecular formula is C17H17N3O3. The molecule has 1 amide bonds. The van der Waals surface area contributed by atoms with E-state index in [0.717, 1.165) is 17.1 Å². The summed E-state index contributed by atoms with van der Waals surface area (Å²) in [5.41, 5.74) is 0.903. The Bertz CT molecular complexity index is 776. The van der Waals surface area contributed by atoms with Gasteiger partial charge in [-0.25, -0.2) is 4.98 Å². The number of carbonyl (C=O) groups is 1. The second-order valence-electron chi connectivity index (χ2n) is 5.05. The number of methoxy groups -OCH3 is 1. The van der Waals surface area contributed by atoms with Gasteiger partial charge in [0.15, 0.2) is 5.76 Å². The summed E-state index contributed by atoms with van der Waals surface area (Å²) in [6.07, 6.45) is 5.01. The summed E-state index contributed by atoms with van der Waals surface area (Å²) >= 11 is 0. The fourth-order valence-corrected chi connectivity index (χ4v) is 2.36. The second-order valence-corrected chi connectivity index (χ2v) is 5.05. The molecule has 6 nitrogen and oxygen atoms in total. The highest BCUT2D eigenvalue weighted by molar-refractivity contribution is 5.91. The Kier molecular flexibility index (Phi) is 4.14. The van der Waals surface area contributed by atoms with Crippen LogP contribution < -0.4 is 10.1 Å². The van der Waals surface area contributed by atoms with Gasteiger partial charge in [0, 0.05) is 19.4 Å². The highest BCUT2D eigenvalue weighted by atomic mass is 16.5. The van der Waals surface area contributed by atoms with Crippen molar-refractivity contribution in [3.8, 4) is 5.75 Å². The van der Waals surface area contributed by atoms with Gasteiger partial charge in [0.2, 0.25) is 0 Å². The van der Waals surface area contributed by atoms with E-state index >= 15 is 0 Å². The Balaban J connectivity index is 1.93. The summed E-state index contributed by atoms with van der Waals surface area (Å²) in [5.74, 6) is 1.45. The fraction of sp³-hybridized carbons (Fsp3) is 0.176. The summed E-state index contributed by atoms with van der Waals surface area (Å²) in [4.78, 5) is 16.7. The molecule has 23 heavy (non-hydrogen) atoms. The lowest BCUT2D eigenvalue weighted by Crippen LogP contribution is -2.30. The molecule has 0 radical (unpaired) electrons. The number of nitrogens with one attached hydrogen (secondary N) is 1. The number of amides is 1. The van der Waals surface area contributed by atoms with Crippen molar-refractivity contribution in [2.75, 3.05) is 7.11 Å². The summed E-state index contributed by atoms with van der Waals surface area (Å²) in [7, 11) is 3.50. The van der Waals surface area contributed by atoms with E-state index < -0.39 is 6.04 Å². The highest BCUT2D eigenvalue weighted by Crippen LogP contribution is 2.23. The quantitative estimate of drug-likeness (QED) is 0.786. The molecular weight excluding hydrogens is 294 g/mol. The average molecular weight is 311 g/mol. The minimum Gasteiger partial charge on any atom is -0.497 e. The molecule has 3 aromatic rings. The van der Waals surface area contributed by atoms with Crippen LogP contribution in [0.5, 0.6) is 5.75 Å². The van der Waals surface area contributed by atoms with Crippen molar-refractivity contribution in [3.05, 3.63) is 72.2 Å². The van der Waals surface area contributed by atoms with E-state index in [0.29, 0.717) is 0 Å². The van der Waals surface area contributed by atoms with Crippen LogP contribution in [-0.2, 0) is 7.05 Å². The first kappa shape index (κ1) is 14.9. The van der Waals surface area contributed by atoms with Crippen molar-refractivity contribution in [1.82, 2.24) is 14.9 Å². The van der Waals surface area contributed by atoms with Crippen molar-refractivity contribution in [2.45, 2.75) is 6.04 Å². The fourth-order valence-electron chi connectivity index (χ4n) is 2.36. The molecule has 2 heterocycles. The third-order valence-electron chi connectivity index (χ3n) is 3.59. The normalized spacial score (nSPS) is 11.9. The molecule has 0 aliphatic rings. The molecule has 1 aromatic carbocycles. The lowest BCUT2D eigenvalue weighted by atomic mass is 10.1. The molecule has 1 N–H and O–H groups in total. The molecule has 0 aliphatic heterocycles. The van der Waals surface area contributed by atoms with E-state index in [1.165, 1.54) is 6.26 Å². The summed E-state index contributed by atoms with van der Waals surface area (Å²) in [5, 5.41) is 2.96. The largest absolute Gasteiger partial charge is 0.497 e. The molecule has 118 valence electrons. The molecule has 1 unspecified atom stereocenters.